The average molecular weight is 331 g/mol. The second kappa shape index (κ2) is 5.34. The Morgan fingerprint density at radius 3 is 2.57 bits per heavy atom. The Labute approximate surface area is 125 Å². The van der Waals surface area contributed by atoms with Gasteiger partial charge in [0.05, 0.1) is 26.9 Å². The predicted octanol–water partition coefficient (Wildman–Crippen LogP) is 2.39. The van der Waals surface area contributed by atoms with Crippen LogP contribution in [0.1, 0.15) is 11.4 Å². The fourth-order valence-corrected chi connectivity index (χ4v) is 3.08. The van der Waals surface area contributed by atoms with Crippen molar-refractivity contribution in [3.8, 4) is 0 Å². The SMILES string of the molecule is Cc1n[nH]c(C)c1NS(=O)(=O)c1ccc(Cl)c([N+](=O)[O-])c1. The van der Waals surface area contributed by atoms with Gasteiger partial charge in [0.15, 0.2) is 0 Å². The van der Waals surface area contributed by atoms with E-state index in [0.717, 1.165) is 6.07 Å². The van der Waals surface area contributed by atoms with Crippen LogP contribution in [-0.4, -0.2) is 23.5 Å². The molecule has 0 bridgehead atoms. The smallest absolute Gasteiger partial charge is 0.280 e. The second-order valence-electron chi connectivity index (χ2n) is 4.28. The Kier molecular flexibility index (Phi) is 3.88. The van der Waals surface area contributed by atoms with Gasteiger partial charge in [-0.1, -0.05) is 11.6 Å². The summed E-state index contributed by atoms with van der Waals surface area (Å²) in [4.78, 5) is 9.83. The monoisotopic (exact) mass is 330 g/mol. The first-order chi connectivity index (χ1) is 9.72. The highest BCUT2D eigenvalue weighted by molar-refractivity contribution is 7.92. The molecule has 1 aromatic heterocycles. The van der Waals surface area contributed by atoms with Gasteiger partial charge in [0.1, 0.15) is 5.02 Å². The van der Waals surface area contributed by atoms with Crippen molar-refractivity contribution in [1.29, 1.82) is 0 Å². The van der Waals surface area contributed by atoms with E-state index in [-0.39, 0.29) is 9.92 Å². The van der Waals surface area contributed by atoms with Gasteiger partial charge in [-0.25, -0.2) is 8.42 Å². The molecule has 0 aliphatic rings. The Hall–Kier alpha value is -2.13. The zero-order valence-electron chi connectivity index (χ0n) is 11.0. The lowest BCUT2D eigenvalue weighted by Gasteiger charge is -2.08. The summed E-state index contributed by atoms with van der Waals surface area (Å²) in [5.41, 5.74) is 0.854. The maximum absolute atomic E-state index is 12.3. The zero-order chi connectivity index (χ0) is 15.8. The van der Waals surface area contributed by atoms with Crippen LogP contribution in [0.2, 0.25) is 5.02 Å². The minimum absolute atomic E-state index is 0.130. The van der Waals surface area contributed by atoms with Crippen molar-refractivity contribution in [2.75, 3.05) is 4.72 Å². The van der Waals surface area contributed by atoms with Crippen molar-refractivity contribution in [3.05, 3.63) is 44.7 Å². The van der Waals surface area contributed by atoms with Crippen LogP contribution in [0, 0.1) is 24.0 Å². The summed E-state index contributed by atoms with van der Waals surface area (Å²) in [5, 5.41) is 17.2. The molecule has 0 unspecified atom stereocenters. The van der Waals surface area contributed by atoms with Gasteiger partial charge < -0.3 is 0 Å². The molecule has 2 aromatic rings. The van der Waals surface area contributed by atoms with E-state index in [1.54, 1.807) is 13.8 Å². The molecule has 2 N–H and O–H groups in total. The molecule has 8 nitrogen and oxygen atoms in total. The summed E-state index contributed by atoms with van der Waals surface area (Å²) >= 11 is 5.66. The van der Waals surface area contributed by atoms with Crippen LogP contribution < -0.4 is 4.72 Å². The summed E-state index contributed by atoms with van der Waals surface area (Å²) in [6, 6.07) is 3.28. The first-order valence-corrected chi connectivity index (χ1v) is 7.57. The molecule has 0 radical (unpaired) electrons. The molecule has 0 amide bonds. The first-order valence-electron chi connectivity index (χ1n) is 5.70. The summed E-state index contributed by atoms with van der Waals surface area (Å²) in [7, 11) is -3.97. The molecular formula is C11H11ClN4O4S. The van der Waals surface area contributed by atoms with Crippen LogP contribution in [0.5, 0.6) is 0 Å². The Morgan fingerprint density at radius 1 is 1.38 bits per heavy atom. The number of aromatic nitrogens is 2. The van der Waals surface area contributed by atoms with Gasteiger partial charge in [0.25, 0.3) is 15.7 Å². The Bertz CT molecular complexity index is 796. The summed E-state index contributed by atoms with van der Waals surface area (Å²) < 4.78 is 26.9. The molecule has 2 rings (SSSR count). The maximum Gasteiger partial charge on any atom is 0.289 e. The third-order valence-electron chi connectivity index (χ3n) is 2.79. The van der Waals surface area contributed by atoms with Gasteiger partial charge in [0.2, 0.25) is 0 Å². The lowest BCUT2D eigenvalue weighted by molar-refractivity contribution is -0.384. The number of aryl methyl sites for hydroxylation is 2. The highest BCUT2D eigenvalue weighted by atomic mass is 35.5. The van der Waals surface area contributed by atoms with Gasteiger partial charge in [-0.15, -0.1) is 0 Å². The van der Waals surface area contributed by atoms with Crippen molar-refractivity contribution in [2.24, 2.45) is 0 Å². The molecule has 0 fully saturated rings. The second-order valence-corrected chi connectivity index (χ2v) is 6.37. The zero-order valence-corrected chi connectivity index (χ0v) is 12.6. The Morgan fingerprint density at radius 2 is 2.05 bits per heavy atom. The number of H-pyrrole nitrogens is 1. The molecule has 0 spiro atoms. The molecule has 21 heavy (non-hydrogen) atoms. The summed E-state index contributed by atoms with van der Waals surface area (Å²) in [5.74, 6) is 0. The number of rotatable bonds is 4. The van der Waals surface area contributed by atoms with E-state index in [9.17, 15) is 18.5 Å². The van der Waals surface area contributed by atoms with Crippen molar-refractivity contribution in [2.45, 2.75) is 18.7 Å². The normalized spacial score (nSPS) is 11.4. The molecule has 0 aliphatic heterocycles. The number of anilines is 1. The number of nitrogens with zero attached hydrogens (tertiary/aromatic N) is 2. The first kappa shape index (κ1) is 15.3. The number of nitro groups is 1. The van der Waals surface area contributed by atoms with Crippen LogP contribution in [0.15, 0.2) is 23.1 Å². The molecule has 10 heteroatoms. The third-order valence-corrected chi connectivity index (χ3v) is 4.46. The van der Waals surface area contributed by atoms with Crippen molar-refractivity contribution in [3.63, 3.8) is 0 Å². The molecule has 1 heterocycles. The highest BCUT2D eigenvalue weighted by Crippen LogP contribution is 2.28. The molecule has 0 aliphatic carbocycles. The van der Waals surface area contributed by atoms with E-state index in [2.05, 4.69) is 14.9 Å². The standard InChI is InChI=1S/C11H11ClN4O4S/c1-6-11(7(2)14-13-6)15-21(19,20)8-3-4-9(12)10(5-8)16(17)18/h3-5,15H,1-2H3,(H,13,14). The third kappa shape index (κ3) is 2.98. The maximum atomic E-state index is 12.3. The van der Waals surface area contributed by atoms with Crippen LogP contribution >= 0.6 is 11.6 Å². The quantitative estimate of drug-likeness (QED) is 0.659. The number of halogens is 1. The number of hydrogen-bond acceptors (Lipinski definition) is 5. The fourth-order valence-electron chi connectivity index (χ4n) is 1.69. The van der Waals surface area contributed by atoms with Gasteiger partial charge in [-0.05, 0) is 26.0 Å². The number of sulfonamides is 1. The lowest BCUT2D eigenvalue weighted by Crippen LogP contribution is -2.14. The Balaban J connectivity index is 2.45. The number of hydrogen-bond donors (Lipinski definition) is 2. The highest BCUT2D eigenvalue weighted by Gasteiger charge is 2.22. The number of nitrogens with one attached hydrogen (secondary N) is 2. The molecular weight excluding hydrogens is 320 g/mol. The van der Waals surface area contributed by atoms with Gasteiger partial charge in [-0.3, -0.25) is 19.9 Å². The van der Waals surface area contributed by atoms with E-state index in [1.807, 2.05) is 0 Å². The minimum atomic E-state index is -3.97. The van der Waals surface area contributed by atoms with E-state index in [0.29, 0.717) is 17.1 Å². The molecule has 112 valence electrons. The topological polar surface area (TPSA) is 118 Å². The molecule has 0 saturated heterocycles. The van der Waals surface area contributed by atoms with E-state index in [4.69, 9.17) is 11.6 Å². The largest absolute Gasteiger partial charge is 0.289 e. The van der Waals surface area contributed by atoms with Crippen molar-refractivity contribution in [1.82, 2.24) is 10.2 Å². The predicted molar refractivity (Wildman–Crippen MR) is 77.0 cm³/mol. The van der Waals surface area contributed by atoms with Gasteiger partial charge in [-0.2, -0.15) is 5.10 Å². The van der Waals surface area contributed by atoms with E-state index < -0.39 is 20.6 Å². The summed E-state index contributed by atoms with van der Waals surface area (Å²) in [6.45, 7) is 3.29. The van der Waals surface area contributed by atoms with Crippen LogP contribution in [0.4, 0.5) is 11.4 Å². The number of nitro benzene ring substituents is 1. The van der Waals surface area contributed by atoms with Crippen LogP contribution in [-0.2, 0) is 10.0 Å². The minimum Gasteiger partial charge on any atom is -0.280 e. The van der Waals surface area contributed by atoms with Gasteiger partial charge >= 0.3 is 0 Å². The van der Waals surface area contributed by atoms with Crippen LogP contribution in [0.3, 0.4) is 0 Å². The fraction of sp³-hybridized carbons (Fsp3) is 0.182. The molecule has 1 aromatic carbocycles. The van der Waals surface area contributed by atoms with Crippen molar-refractivity contribution >= 4 is 33.0 Å². The molecule has 0 atom stereocenters. The van der Waals surface area contributed by atoms with Crippen LogP contribution in [0.25, 0.3) is 0 Å². The summed E-state index contributed by atoms with van der Waals surface area (Å²) in [6.07, 6.45) is 0. The number of aromatic amines is 1. The number of benzene rings is 1. The van der Waals surface area contributed by atoms with E-state index in [1.165, 1.54) is 12.1 Å². The van der Waals surface area contributed by atoms with Crippen molar-refractivity contribution < 1.29 is 13.3 Å². The van der Waals surface area contributed by atoms with E-state index >= 15 is 0 Å². The average Bonchev–Trinajstić information content (AvgIpc) is 2.70. The lowest BCUT2D eigenvalue weighted by atomic mass is 10.3. The van der Waals surface area contributed by atoms with Gasteiger partial charge in [0, 0.05) is 6.07 Å². The molecule has 0 saturated carbocycles.